The Labute approximate surface area is 621 Å². The lowest BCUT2D eigenvalue weighted by molar-refractivity contribution is -0.145. The maximum absolute atomic E-state index is 14.7. The third-order valence-corrected chi connectivity index (χ3v) is 19.3. The van der Waals surface area contributed by atoms with Crippen LogP contribution in [-0.4, -0.2) is 221 Å². The van der Waals surface area contributed by atoms with E-state index in [0.29, 0.717) is 70.0 Å². The second-order valence-corrected chi connectivity index (χ2v) is 28.2. The van der Waals surface area contributed by atoms with Gasteiger partial charge in [0, 0.05) is 26.1 Å². The van der Waals surface area contributed by atoms with Crippen LogP contribution in [0.3, 0.4) is 0 Å². The Hall–Kier alpha value is -9.34. The van der Waals surface area contributed by atoms with Crippen molar-refractivity contribution in [2.45, 2.75) is 231 Å². The zero-order valence-electron chi connectivity index (χ0n) is 62.7. The molecular formula is C73H118N18O15. The van der Waals surface area contributed by atoms with Crippen LogP contribution in [0.5, 0.6) is 0 Å². The predicted octanol–water partition coefficient (Wildman–Crippen LogP) is -1.74. The topological polar surface area (TPSA) is 529 Å². The second kappa shape index (κ2) is 45.9. The van der Waals surface area contributed by atoms with Crippen LogP contribution in [-0.2, 0) is 75.2 Å². The number of nitrogens with zero attached hydrogens (tertiary/aromatic N) is 2. The Kier molecular flexibility index (Phi) is 38.6. The molecule has 0 saturated carbocycles. The molecule has 0 radical (unpaired) electrons. The summed E-state index contributed by atoms with van der Waals surface area (Å²) in [6.07, 6.45) is 4.54. The highest BCUT2D eigenvalue weighted by Gasteiger charge is 2.44. The molecule has 2 aromatic rings. The summed E-state index contributed by atoms with van der Waals surface area (Å²) in [5.74, 6) is -12.9. The van der Waals surface area contributed by atoms with Crippen LogP contribution in [0.4, 0.5) is 0 Å². The number of nitrogens with two attached hydrogens (primary N) is 4. The number of aliphatic hydroxyl groups is 1. The maximum Gasteiger partial charge on any atom is 0.326 e. The van der Waals surface area contributed by atoms with Gasteiger partial charge in [-0.25, -0.2) is 4.79 Å². The minimum Gasteiger partial charge on any atom is -0.480 e. The number of likely N-dealkylation sites (tertiary alicyclic amines) is 2. The van der Waals surface area contributed by atoms with Gasteiger partial charge >= 0.3 is 5.97 Å². The second-order valence-electron chi connectivity index (χ2n) is 28.2. The van der Waals surface area contributed by atoms with E-state index in [0.717, 1.165) is 5.56 Å². The standard InChI is InChI=1S/C73H118N18O15/c1-9-44(7)59(67(100)80-40-56(93)86-57(42(3)4)68(101)85-53(41-92)64(97)89-60(45(8)10-2)71(104)91-37-23-32-55(91)66(99)84-52(72(105)106)39-47-26-15-12-16-27-47)88-69(102)58(43(5)6)87-63(96)50(30-21-35-79-73(77)78)82-65(98)54-31-22-36-90(54)70(103)51(29-18-20-34-75)83-62(95)49(28-17-19-33-74)81-61(94)48(76)38-46-24-13-11-14-25-46/h11-16,24-27,42-45,48-55,57-60,92H,9-10,17-23,28-41,74-76H2,1-8H3,(H,80,100)(H,81,94)(H,82,98)(H,83,95)(H,84,99)(H,85,101)(H,86,93)(H,87,96)(H,88,102)(H,89,97)(H,105,106)(H4,77,78,79)/t44-,45-,48-,49-,50-,51-,52-,53-,54-,55-,57-,58-,59-,60-/m0/s1. The normalized spacial score (nSPS) is 17.6. The number of hydrogen-bond donors (Lipinski definition) is 18. The number of benzene rings is 2. The van der Waals surface area contributed by atoms with Crippen molar-refractivity contribution in [1.29, 1.82) is 5.41 Å². The summed E-state index contributed by atoms with van der Waals surface area (Å²) >= 11 is 0. The van der Waals surface area contributed by atoms with Crippen molar-refractivity contribution in [3.63, 3.8) is 0 Å². The van der Waals surface area contributed by atoms with E-state index >= 15 is 0 Å². The molecular weight excluding hydrogens is 1370 g/mol. The van der Waals surface area contributed by atoms with Crippen molar-refractivity contribution in [3.8, 4) is 0 Å². The van der Waals surface area contributed by atoms with E-state index in [1.807, 2.05) is 30.3 Å². The SMILES string of the molecule is CC[C@H](C)[C@H](NC(=O)[C@@H](NC(=O)[C@H](CCCNC(=N)N)NC(=O)[C@@H]1CCCN1C(=O)[C@H](CCCCN)NC(=O)[C@H](CCCCN)NC(=O)[C@@H](N)Cc1ccccc1)C(C)C)C(=O)NCC(=O)N[C@H](C(=O)N[C@@H](CO)C(=O)N[C@H](C(=O)N1CCC[C@H]1C(=O)N[C@@H](Cc1ccccc1)C(=O)O)[C@@H](C)CC)C(C)C. The van der Waals surface area contributed by atoms with Gasteiger partial charge in [0.05, 0.1) is 19.2 Å². The minimum atomic E-state index is -1.65. The van der Waals surface area contributed by atoms with Gasteiger partial charge in [-0.05, 0) is 131 Å². The number of rotatable bonds is 46. The lowest BCUT2D eigenvalue weighted by atomic mass is 9.96. The number of aliphatic hydroxyl groups excluding tert-OH is 1. The molecule has 0 unspecified atom stereocenters. The summed E-state index contributed by atoms with van der Waals surface area (Å²) in [7, 11) is 0. The van der Waals surface area contributed by atoms with Crippen LogP contribution >= 0.6 is 0 Å². The van der Waals surface area contributed by atoms with E-state index in [2.05, 4.69) is 58.5 Å². The Balaban J connectivity index is 1.44. The van der Waals surface area contributed by atoms with Crippen molar-refractivity contribution < 1.29 is 72.5 Å². The molecule has 14 atom stereocenters. The van der Waals surface area contributed by atoms with Crippen LogP contribution in [0.25, 0.3) is 0 Å². The molecule has 106 heavy (non-hydrogen) atoms. The third kappa shape index (κ3) is 28.5. The average Bonchev–Trinajstić information content (AvgIpc) is 1.61. The number of guanidine groups is 1. The van der Waals surface area contributed by atoms with E-state index in [9.17, 15) is 72.5 Å². The number of amides is 12. The molecule has 4 rings (SSSR count). The average molecular weight is 1490 g/mol. The minimum absolute atomic E-state index is 0.00680. The Morgan fingerprint density at radius 2 is 0.925 bits per heavy atom. The molecule has 2 aliphatic heterocycles. The molecule has 33 nitrogen and oxygen atoms in total. The van der Waals surface area contributed by atoms with Gasteiger partial charge in [0.1, 0.15) is 66.5 Å². The monoisotopic (exact) mass is 1490 g/mol. The molecule has 0 aliphatic carbocycles. The van der Waals surface area contributed by atoms with Gasteiger partial charge in [-0.1, -0.05) is 129 Å². The molecule has 2 fully saturated rings. The largest absolute Gasteiger partial charge is 0.480 e. The number of aliphatic carboxylic acids is 1. The number of carboxylic acid groups (broad SMARTS) is 1. The molecule has 0 aromatic heterocycles. The van der Waals surface area contributed by atoms with E-state index in [4.69, 9.17) is 28.3 Å². The van der Waals surface area contributed by atoms with Crippen molar-refractivity contribution >= 4 is 82.8 Å². The van der Waals surface area contributed by atoms with E-state index in [-0.39, 0.29) is 77.0 Å². The smallest absolute Gasteiger partial charge is 0.326 e. The van der Waals surface area contributed by atoms with Gasteiger partial charge in [0.2, 0.25) is 70.9 Å². The molecule has 22 N–H and O–H groups in total. The van der Waals surface area contributed by atoms with E-state index < -0.39 is 186 Å². The number of carboxylic acids is 1. The van der Waals surface area contributed by atoms with Crippen LogP contribution in [0.2, 0.25) is 0 Å². The summed E-state index contributed by atoms with van der Waals surface area (Å²) in [4.78, 5) is 184. The fraction of sp³-hybridized carbons (Fsp3) is 0.644. The van der Waals surface area contributed by atoms with Gasteiger partial charge < -0.3 is 101 Å². The van der Waals surface area contributed by atoms with Crippen molar-refractivity contribution in [1.82, 2.24) is 68.3 Å². The molecule has 590 valence electrons. The molecule has 12 amide bonds. The first-order valence-corrected chi connectivity index (χ1v) is 37.2. The number of carbonyl (C=O) groups excluding carboxylic acids is 12. The lowest BCUT2D eigenvalue weighted by Gasteiger charge is -2.32. The molecule has 0 bridgehead atoms. The van der Waals surface area contributed by atoms with Crippen molar-refractivity contribution in [2.75, 3.05) is 45.9 Å². The quantitative estimate of drug-likeness (QED) is 0.0199. The van der Waals surface area contributed by atoms with Crippen LogP contribution in [0.1, 0.15) is 156 Å². The molecule has 33 heteroatoms. The van der Waals surface area contributed by atoms with Crippen LogP contribution < -0.4 is 81.4 Å². The highest BCUT2D eigenvalue weighted by atomic mass is 16.4. The highest BCUT2D eigenvalue weighted by molar-refractivity contribution is 6.00. The van der Waals surface area contributed by atoms with Gasteiger partial charge in [-0.2, -0.15) is 0 Å². The zero-order valence-corrected chi connectivity index (χ0v) is 62.7. The zero-order chi connectivity index (χ0) is 78.7. The molecule has 2 aromatic carbocycles. The number of nitrogens with one attached hydrogen (secondary N) is 12. The van der Waals surface area contributed by atoms with Gasteiger partial charge in [0.15, 0.2) is 5.96 Å². The van der Waals surface area contributed by atoms with Crippen molar-refractivity contribution in [3.05, 3.63) is 71.8 Å². The Bertz CT molecular complexity index is 3240. The fourth-order valence-corrected chi connectivity index (χ4v) is 12.6. The first-order chi connectivity index (χ1) is 50.4. The number of hydrogen-bond acceptors (Lipinski definition) is 18. The molecule has 2 aliphatic rings. The summed E-state index contributed by atoms with van der Waals surface area (Å²) < 4.78 is 0. The van der Waals surface area contributed by atoms with Gasteiger partial charge in [0.25, 0.3) is 0 Å². The molecule has 0 spiro atoms. The third-order valence-electron chi connectivity index (χ3n) is 19.3. The lowest BCUT2D eigenvalue weighted by Crippen LogP contribution is -2.61. The van der Waals surface area contributed by atoms with Gasteiger partial charge in [-0.3, -0.25) is 62.9 Å². The Morgan fingerprint density at radius 1 is 0.491 bits per heavy atom. The fourth-order valence-electron chi connectivity index (χ4n) is 12.6. The van der Waals surface area contributed by atoms with Crippen LogP contribution in [0, 0.1) is 29.1 Å². The number of carbonyl (C=O) groups is 13. The predicted molar refractivity (Wildman–Crippen MR) is 396 cm³/mol. The first kappa shape index (κ1) is 89.1. The highest BCUT2D eigenvalue weighted by Crippen LogP contribution is 2.24. The number of unbranched alkanes of at least 4 members (excludes halogenated alkanes) is 2. The summed E-state index contributed by atoms with van der Waals surface area (Å²) in [6, 6.07) is 2.96. The summed E-state index contributed by atoms with van der Waals surface area (Å²) in [5, 5.41) is 57.4. The van der Waals surface area contributed by atoms with E-state index in [1.54, 1.807) is 85.7 Å². The first-order valence-electron chi connectivity index (χ1n) is 37.2. The van der Waals surface area contributed by atoms with Gasteiger partial charge in [-0.15, -0.1) is 0 Å². The summed E-state index contributed by atoms with van der Waals surface area (Å²) in [5.41, 5.74) is 25.0. The van der Waals surface area contributed by atoms with Crippen LogP contribution in [0.15, 0.2) is 60.7 Å². The summed E-state index contributed by atoms with van der Waals surface area (Å²) in [6.45, 7) is 12.7. The Morgan fingerprint density at radius 3 is 1.44 bits per heavy atom. The van der Waals surface area contributed by atoms with Crippen molar-refractivity contribution in [2.24, 2.45) is 46.6 Å². The maximum atomic E-state index is 14.7. The molecule has 2 heterocycles. The van der Waals surface area contributed by atoms with E-state index in [1.165, 1.54) is 9.80 Å². The molecule has 2 saturated heterocycles.